The van der Waals surface area contributed by atoms with E-state index in [1.165, 1.54) is 0 Å². The van der Waals surface area contributed by atoms with Gasteiger partial charge in [-0.05, 0) is 0 Å². The zero-order valence-corrected chi connectivity index (χ0v) is 6.61. The van der Waals surface area contributed by atoms with Crippen molar-refractivity contribution in [3.05, 3.63) is 11.6 Å². The molecule has 66 valence electrons. The van der Waals surface area contributed by atoms with Crippen molar-refractivity contribution in [1.29, 1.82) is 0 Å². The molecule has 6 heteroatoms. The van der Waals surface area contributed by atoms with Crippen LogP contribution in [-0.4, -0.2) is 25.0 Å². The average molecular weight is 193 g/mol. The topological polar surface area (TPSA) is 61.8 Å². The van der Waals surface area contributed by atoms with Crippen LogP contribution in [0.15, 0.2) is 11.6 Å². The van der Waals surface area contributed by atoms with Crippen molar-refractivity contribution >= 4 is 23.7 Å². The van der Waals surface area contributed by atoms with E-state index in [4.69, 9.17) is 11.6 Å². The predicted octanol–water partition coefficient (Wildman–Crippen LogP) is 0.775. The van der Waals surface area contributed by atoms with Gasteiger partial charge in [-0.25, -0.2) is 9.59 Å². The molecule has 1 aliphatic heterocycles. The number of rotatable bonds is 2. The molecule has 0 saturated carbocycles. The van der Waals surface area contributed by atoms with E-state index >= 15 is 0 Å². The molecule has 1 heterocycles. The summed E-state index contributed by atoms with van der Waals surface area (Å²) in [5, 5.41) is 0. The van der Waals surface area contributed by atoms with Crippen molar-refractivity contribution < 1.29 is 23.8 Å². The molecule has 0 radical (unpaired) electrons. The summed E-state index contributed by atoms with van der Waals surface area (Å²) < 4.78 is 13.3. The summed E-state index contributed by atoms with van der Waals surface area (Å²) in [6.45, 7) is -0.0826. The van der Waals surface area contributed by atoms with Crippen LogP contribution in [0.3, 0.4) is 0 Å². The minimum absolute atomic E-state index is 0.0826. The molecular weight excluding hydrogens is 188 g/mol. The fourth-order valence-corrected chi connectivity index (χ4v) is 0.693. The molecule has 1 saturated heterocycles. The van der Waals surface area contributed by atoms with Crippen LogP contribution in [0.2, 0.25) is 0 Å². The third kappa shape index (κ3) is 2.43. The van der Waals surface area contributed by atoms with E-state index in [1.54, 1.807) is 0 Å². The Morgan fingerprint density at radius 2 is 2.50 bits per heavy atom. The van der Waals surface area contributed by atoms with Crippen LogP contribution in [0.4, 0.5) is 4.79 Å². The first-order valence-electron chi connectivity index (χ1n) is 3.03. The van der Waals surface area contributed by atoms with E-state index in [0.29, 0.717) is 0 Å². The Balaban J connectivity index is 2.32. The van der Waals surface area contributed by atoms with Gasteiger partial charge in [-0.15, -0.1) is 0 Å². The maximum atomic E-state index is 10.7. The monoisotopic (exact) mass is 192 g/mol. The summed E-state index contributed by atoms with van der Waals surface area (Å²) in [4.78, 5) is 21.0. The molecule has 0 N–H and O–H groups in total. The van der Waals surface area contributed by atoms with Crippen LogP contribution in [-0.2, 0) is 19.0 Å². The van der Waals surface area contributed by atoms with Gasteiger partial charge in [-0.1, -0.05) is 11.6 Å². The maximum absolute atomic E-state index is 10.7. The van der Waals surface area contributed by atoms with E-state index in [1.807, 2.05) is 0 Å². The Labute approximate surface area is 72.8 Å². The van der Waals surface area contributed by atoms with Gasteiger partial charge in [0.15, 0.2) is 6.61 Å². The lowest BCUT2D eigenvalue weighted by Gasteiger charge is -2.04. The highest BCUT2D eigenvalue weighted by molar-refractivity contribution is 6.26. The Morgan fingerprint density at radius 1 is 1.75 bits per heavy atom. The SMILES string of the molecule is O=C(C=CCl)OC1COC(=O)O1. The Bertz CT molecular complexity index is 224. The largest absolute Gasteiger partial charge is 0.511 e. The smallest absolute Gasteiger partial charge is 0.426 e. The molecule has 0 bridgehead atoms. The minimum Gasteiger partial charge on any atom is -0.426 e. The number of hydrogen-bond donors (Lipinski definition) is 0. The maximum Gasteiger partial charge on any atom is 0.511 e. The second-order valence-corrected chi connectivity index (χ2v) is 2.09. The van der Waals surface area contributed by atoms with Crippen LogP contribution in [0.1, 0.15) is 0 Å². The lowest BCUT2D eigenvalue weighted by atomic mass is 10.6. The quantitative estimate of drug-likeness (QED) is 0.478. The number of ether oxygens (including phenoxy) is 3. The Morgan fingerprint density at radius 3 is 3.00 bits per heavy atom. The van der Waals surface area contributed by atoms with Gasteiger partial charge in [-0.3, -0.25) is 0 Å². The number of esters is 1. The second kappa shape index (κ2) is 3.96. The van der Waals surface area contributed by atoms with Gasteiger partial charge in [-0.2, -0.15) is 0 Å². The first-order valence-corrected chi connectivity index (χ1v) is 3.47. The van der Waals surface area contributed by atoms with Crippen LogP contribution in [0.25, 0.3) is 0 Å². The molecule has 0 aliphatic carbocycles. The second-order valence-electron chi connectivity index (χ2n) is 1.84. The number of halogens is 1. The van der Waals surface area contributed by atoms with E-state index < -0.39 is 18.4 Å². The summed E-state index contributed by atoms with van der Waals surface area (Å²) >= 11 is 5.09. The summed E-state index contributed by atoms with van der Waals surface area (Å²) in [6.07, 6.45) is -0.811. The molecule has 1 aliphatic rings. The number of carbonyl (C=O) groups is 2. The summed E-state index contributed by atoms with van der Waals surface area (Å²) in [5.74, 6) is -0.687. The van der Waals surface area contributed by atoms with E-state index in [-0.39, 0.29) is 6.61 Å². The van der Waals surface area contributed by atoms with Crippen molar-refractivity contribution in [1.82, 2.24) is 0 Å². The molecule has 1 atom stereocenters. The third-order valence-electron chi connectivity index (χ3n) is 1.01. The van der Waals surface area contributed by atoms with Gasteiger partial charge in [0.05, 0.1) is 0 Å². The minimum atomic E-state index is -0.960. The van der Waals surface area contributed by atoms with Gasteiger partial charge in [0.25, 0.3) is 6.29 Å². The van der Waals surface area contributed by atoms with Crippen LogP contribution in [0.5, 0.6) is 0 Å². The van der Waals surface area contributed by atoms with E-state index in [2.05, 4.69) is 14.2 Å². The highest BCUT2D eigenvalue weighted by atomic mass is 35.5. The number of cyclic esters (lactones) is 2. The standard InChI is InChI=1S/C6H5ClO5/c7-2-1-4(8)11-5-3-10-6(9)12-5/h1-2,5H,3H2. The molecule has 0 aromatic rings. The lowest BCUT2D eigenvalue weighted by Crippen LogP contribution is -2.18. The molecule has 1 fully saturated rings. The molecule has 0 aromatic heterocycles. The summed E-state index contributed by atoms with van der Waals surface area (Å²) in [7, 11) is 0. The zero-order valence-electron chi connectivity index (χ0n) is 5.86. The van der Waals surface area contributed by atoms with Gasteiger partial charge in [0, 0.05) is 11.6 Å². The summed E-state index contributed by atoms with van der Waals surface area (Å²) in [6, 6.07) is 0. The average Bonchev–Trinajstić information content (AvgIpc) is 2.36. The van der Waals surface area contributed by atoms with Crippen LogP contribution >= 0.6 is 11.6 Å². The molecule has 5 nitrogen and oxygen atoms in total. The van der Waals surface area contributed by atoms with Crippen molar-refractivity contribution in [3.63, 3.8) is 0 Å². The van der Waals surface area contributed by atoms with Crippen molar-refractivity contribution in [2.24, 2.45) is 0 Å². The Hall–Kier alpha value is -1.23. The van der Waals surface area contributed by atoms with Crippen molar-refractivity contribution in [2.45, 2.75) is 6.29 Å². The van der Waals surface area contributed by atoms with Crippen molar-refractivity contribution in [2.75, 3.05) is 6.61 Å². The molecule has 1 rings (SSSR count). The molecule has 0 amide bonds. The van der Waals surface area contributed by atoms with E-state index in [0.717, 1.165) is 11.6 Å². The first kappa shape index (κ1) is 8.86. The summed E-state index contributed by atoms with van der Waals surface area (Å²) in [5.41, 5.74) is 1.000. The third-order valence-corrected chi connectivity index (χ3v) is 1.14. The highest BCUT2D eigenvalue weighted by Gasteiger charge is 2.27. The van der Waals surface area contributed by atoms with Crippen molar-refractivity contribution in [3.8, 4) is 0 Å². The first-order chi connectivity index (χ1) is 5.72. The van der Waals surface area contributed by atoms with Gasteiger partial charge in [0.1, 0.15) is 0 Å². The van der Waals surface area contributed by atoms with Crippen LogP contribution in [0, 0.1) is 0 Å². The highest BCUT2D eigenvalue weighted by Crippen LogP contribution is 2.07. The predicted molar refractivity (Wildman–Crippen MR) is 37.3 cm³/mol. The number of hydrogen-bond acceptors (Lipinski definition) is 5. The van der Waals surface area contributed by atoms with E-state index in [9.17, 15) is 9.59 Å². The lowest BCUT2D eigenvalue weighted by molar-refractivity contribution is -0.156. The number of carbonyl (C=O) groups excluding carboxylic acids is 2. The molecule has 1 unspecified atom stereocenters. The molecular formula is C6H5ClO5. The molecule has 0 spiro atoms. The van der Waals surface area contributed by atoms with Crippen LogP contribution < -0.4 is 0 Å². The fourth-order valence-electron chi connectivity index (χ4n) is 0.590. The van der Waals surface area contributed by atoms with Gasteiger partial charge < -0.3 is 14.2 Å². The van der Waals surface area contributed by atoms with Gasteiger partial charge in [0.2, 0.25) is 0 Å². The zero-order chi connectivity index (χ0) is 8.97. The molecule has 0 aromatic carbocycles. The fraction of sp³-hybridized carbons (Fsp3) is 0.333. The van der Waals surface area contributed by atoms with Gasteiger partial charge >= 0.3 is 12.1 Å². The Kier molecular flexibility index (Phi) is 2.93. The molecule has 12 heavy (non-hydrogen) atoms. The normalized spacial score (nSPS) is 22.1.